The third-order valence-electron chi connectivity index (χ3n) is 3.87. The zero-order valence-corrected chi connectivity index (χ0v) is 16.1. The molecule has 0 saturated heterocycles. The normalized spacial score (nSPS) is 11.6. The number of guanidine groups is 1. The molecule has 142 valence electrons. The van der Waals surface area contributed by atoms with E-state index >= 15 is 0 Å². The van der Waals surface area contributed by atoms with Gasteiger partial charge in [-0.05, 0) is 37.3 Å². The second-order valence-corrected chi connectivity index (χ2v) is 6.27. The molecular formula is C18H22ClN7O. The number of hydrogen-bond donors (Lipinski definition) is 2. The molecule has 2 N–H and O–H groups in total. The molecule has 8 nitrogen and oxygen atoms in total. The third kappa shape index (κ3) is 5.30. The first-order chi connectivity index (χ1) is 13.2. The summed E-state index contributed by atoms with van der Waals surface area (Å²) in [5, 5.41) is 15.3. The summed E-state index contributed by atoms with van der Waals surface area (Å²) in [6.45, 7) is 3.97. The number of aromatic nitrogens is 4. The van der Waals surface area contributed by atoms with Crippen LogP contribution in [0.3, 0.4) is 0 Å². The predicted octanol–water partition coefficient (Wildman–Crippen LogP) is 2.42. The van der Waals surface area contributed by atoms with Crippen molar-refractivity contribution in [1.82, 2.24) is 30.6 Å². The highest BCUT2D eigenvalue weighted by molar-refractivity contribution is 6.30. The van der Waals surface area contributed by atoms with E-state index in [9.17, 15) is 0 Å². The highest BCUT2D eigenvalue weighted by atomic mass is 35.5. The average Bonchev–Trinajstić information content (AvgIpc) is 3.29. The summed E-state index contributed by atoms with van der Waals surface area (Å²) in [6, 6.07) is 9.28. The van der Waals surface area contributed by atoms with Gasteiger partial charge in [0.2, 0.25) is 11.7 Å². The Morgan fingerprint density at radius 1 is 1.22 bits per heavy atom. The van der Waals surface area contributed by atoms with Gasteiger partial charge in [-0.2, -0.15) is 10.1 Å². The van der Waals surface area contributed by atoms with Crippen LogP contribution in [0.2, 0.25) is 5.02 Å². The van der Waals surface area contributed by atoms with Crippen LogP contribution in [0.1, 0.15) is 18.5 Å². The fraction of sp³-hybridized carbons (Fsp3) is 0.333. The summed E-state index contributed by atoms with van der Waals surface area (Å²) in [5.74, 6) is 1.85. The molecule has 0 bridgehead atoms. The molecule has 0 spiro atoms. The van der Waals surface area contributed by atoms with E-state index in [1.807, 2.05) is 36.9 Å². The first kappa shape index (κ1) is 18.9. The van der Waals surface area contributed by atoms with Gasteiger partial charge in [-0.15, -0.1) is 0 Å². The molecule has 0 saturated carbocycles. The minimum absolute atomic E-state index is 0.549. The number of nitrogens with zero attached hydrogens (tertiary/aromatic N) is 5. The number of nitrogens with one attached hydrogen (secondary N) is 2. The van der Waals surface area contributed by atoms with Gasteiger partial charge in [0.05, 0.1) is 12.2 Å². The van der Waals surface area contributed by atoms with Gasteiger partial charge in [-0.3, -0.25) is 4.68 Å². The van der Waals surface area contributed by atoms with E-state index in [2.05, 4.69) is 30.9 Å². The number of hydrogen-bond acceptors (Lipinski definition) is 5. The molecule has 2 heterocycles. The Morgan fingerprint density at radius 3 is 2.74 bits per heavy atom. The van der Waals surface area contributed by atoms with Gasteiger partial charge in [-0.1, -0.05) is 16.8 Å². The maximum Gasteiger partial charge on any atom is 0.228 e. The van der Waals surface area contributed by atoms with E-state index < -0.39 is 0 Å². The van der Waals surface area contributed by atoms with Gasteiger partial charge < -0.3 is 15.2 Å². The van der Waals surface area contributed by atoms with Gasteiger partial charge in [0.15, 0.2) is 5.96 Å². The van der Waals surface area contributed by atoms with E-state index in [-0.39, 0.29) is 0 Å². The molecule has 1 aromatic carbocycles. The van der Waals surface area contributed by atoms with Crippen LogP contribution in [0.5, 0.6) is 0 Å². The van der Waals surface area contributed by atoms with E-state index in [1.54, 1.807) is 18.3 Å². The Balaban J connectivity index is 1.54. The van der Waals surface area contributed by atoms with Crippen molar-refractivity contribution in [2.75, 3.05) is 13.1 Å². The summed E-state index contributed by atoms with van der Waals surface area (Å²) in [5.41, 5.74) is 1.91. The topological polar surface area (TPSA) is 93.2 Å². The molecule has 2 aromatic heterocycles. The van der Waals surface area contributed by atoms with Crippen molar-refractivity contribution < 1.29 is 4.52 Å². The van der Waals surface area contributed by atoms with Crippen molar-refractivity contribution in [3.63, 3.8) is 0 Å². The summed E-state index contributed by atoms with van der Waals surface area (Å²) in [6.07, 6.45) is 2.36. The Labute approximate surface area is 162 Å². The van der Waals surface area contributed by atoms with Crippen LogP contribution in [0.25, 0.3) is 11.4 Å². The molecule has 0 fully saturated rings. The van der Waals surface area contributed by atoms with E-state index in [4.69, 9.17) is 16.1 Å². The van der Waals surface area contributed by atoms with Crippen LogP contribution in [0.15, 0.2) is 46.0 Å². The van der Waals surface area contributed by atoms with Gasteiger partial charge >= 0.3 is 0 Å². The molecule has 3 rings (SSSR count). The summed E-state index contributed by atoms with van der Waals surface area (Å²) < 4.78 is 7.13. The molecular weight excluding hydrogens is 366 g/mol. The lowest BCUT2D eigenvalue weighted by molar-refractivity contribution is 0.378. The van der Waals surface area contributed by atoms with Gasteiger partial charge in [0.1, 0.15) is 0 Å². The van der Waals surface area contributed by atoms with Crippen molar-refractivity contribution in [2.45, 2.75) is 19.9 Å². The minimum atomic E-state index is 0.549. The molecule has 0 atom stereocenters. The number of aryl methyl sites for hydroxylation is 1. The van der Waals surface area contributed by atoms with E-state index in [0.29, 0.717) is 36.2 Å². The van der Waals surface area contributed by atoms with Crippen molar-refractivity contribution in [3.8, 4) is 11.4 Å². The number of halogens is 1. The third-order valence-corrected chi connectivity index (χ3v) is 4.12. The molecule has 0 aliphatic carbocycles. The van der Waals surface area contributed by atoms with Crippen LogP contribution in [0.4, 0.5) is 0 Å². The van der Waals surface area contributed by atoms with Gasteiger partial charge in [0.25, 0.3) is 0 Å². The fourth-order valence-electron chi connectivity index (χ4n) is 2.42. The monoisotopic (exact) mass is 387 g/mol. The predicted molar refractivity (Wildman–Crippen MR) is 104 cm³/mol. The minimum Gasteiger partial charge on any atom is -0.357 e. The van der Waals surface area contributed by atoms with Crippen molar-refractivity contribution in [3.05, 3.63) is 53.1 Å². The number of aliphatic imine (C=N–C) groups is 1. The second-order valence-electron chi connectivity index (χ2n) is 5.84. The molecule has 27 heavy (non-hydrogen) atoms. The molecule has 0 amide bonds. The zero-order chi connectivity index (χ0) is 19.1. The Kier molecular flexibility index (Phi) is 6.43. The summed E-state index contributed by atoms with van der Waals surface area (Å²) in [7, 11) is 1.90. The van der Waals surface area contributed by atoms with Crippen LogP contribution in [-0.4, -0.2) is 39.0 Å². The lowest BCUT2D eigenvalue weighted by Gasteiger charge is -2.10. The zero-order valence-electron chi connectivity index (χ0n) is 15.3. The maximum absolute atomic E-state index is 5.90. The van der Waals surface area contributed by atoms with Crippen LogP contribution in [0, 0.1) is 0 Å². The first-order valence-electron chi connectivity index (χ1n) is 8.73. The molecule has 0 aliphatic heterocycles. The van der Waals surface area contributed by atoms with Gasteiger partial charge in [-0.25, -0.2) is 4.99 Å². The quantitative estimate of drug-likeness (QED) is 0.477. The molecule has 0 unspecified atom stereocenters. The van der Waals surface area contributed by atoms with Crippen molar-refractivity contribution in [1.29, 1.82) is 0 Å². The largest absolute Gasteiger partial charge is 0.357 e. The maximum atomic E-state index is 5.90. The van der Waals surface area contributed by atoms with E-state index in [1.165, 1.54) is 0 Å². The highest BCUT2D eigenvalue weighted by Gasteiger charge is 2.09. The summed E-state index contributed by atoms with van der Waals surface area (Å²) in [4.78, 5) is 8.98. The lowest BCUT2D eigenvalue weighted by Crippen LogP contribution is -2.38. The highest BCUT2D eigenvalue weighted by Crippen LogP contribution is 2.18. The lowest BCUT2D eigenvalue weighted by atomic mass is 10.2. The van der Waals surface area contributed by atoms with Crippen LogP contribution in [-0.2, 0) is 20.0 Å². The Bertz CT molecular complexity index is 885. The van der Waals surface area contributed by atoms with E-state index in [0.717, 1.165) is 23.8 Å². The SMILES string of the molecule is CCNC(=NCc1ccnn1C)NCCc1nc(-c2ccc(Cl)cc2)no1. The molecule has 3 aromatic rings. The Morgan fingerprint density at radius 2 is 2.04 bits per heavy atom. The Hall–Kier alpha value is -2.87. The standard InChI is InChI=1S/C18H22ClN7O/c1-3-20-18(22-12-15-8-11-23-26(15)2)21-10-9-16-24-17(25-27-16)13-4-6-14(19)7-5-13/h4-8,11H,3,9-10,12H2,1-2H3,(H2,20,21,22). The molecule has 9 heteroatoms. The summed E-state index contributed by atoms with van der Waals surface area (Å²) >= 11 is 5.90. The first-order valence-corrected chi connectivity index (χ1v) is 9.11. The molecule has 0 aliphatic rings. The molecule has 0 radical (unpaired) electrons. The van der Waals surface area contributed by atoms with Crippen LogP contribution < -0.4 is 10.6 Å². The van der Waals surface area contributed by atoms with Crippen LogP contribution >= 0.6 is 11.6 Å². The smallest absolute Gasteiger partial charge is 0.228 e. The average molecular weight is 388 g/mol. The fourth-order valence-corrected chi connectivity index (χ4v) is 2.54. The number of benzene rings is 1. The van der Waals surface area contributed by atoms with Crippen molar-refractivity contribution in [2.24, 2.45) is 12.0 Å². The van der Waals surface area contributed by atoms with Gasteiger partial charge in [0, 0.05) is 43.3 Å². The number of rotatable bonds is 7. The van der Waals surface area contributed by atoms with Crippen molar-refractivity contribution >= 4 is 17.6 Å². The second kappa shape index (κ2) is 9.18.